The Morgan fingerprint density at radius 3 is 2.41 bits per heavy atom. The zero-order chi connectivity index (χ0) is 19.2. The number of carbonyl (C=O) groups excluding carboxylic acids is 2. The highest BCUT2D eigenvalue weighted by atomic mass is 16.3. The van der Waals surface area contributed by atoms with Gasteiger partial charge in [0, 0.05) is 11.1 Å². The number of rotatable bonds is 7. The van der Waals surface area contributed by atoms with Crippen LogP contribution in [-0.4, -0.2) is 29.7 Å². The lowest BCUT2D eigenvalue weighted by molar-refractivity contribution is -0.120. The van der Waals surface area contributed by atoms with Crippen LogP contribution in [0.2, 0.25) is 0 Å². The normalized spacial score (nSPS) is 12.0. The van der Waals surface area contributed by atoms with Gasteiger partial charge >= 0.3 is 0 Å². The van der Waals surface area contributed by atoms with Crippen LogP contribution >= 0.6 is 0 Å². The van der Waals surface area contributed by atoms with E-state index in [-0.39, 0.29) is 11.7 Å². The first kappa shape index (κ1) is 18.6. The minimum atomic E-state index is -0.394. The van der Waals surface area contributed by atoms with Crippen molar-refractivity contribution in [2.45, 2.75) is 19.5 Å². The number of carbonyl (C=O) groups is 2. The fourth-order valence-corrected chi connectivity index (χ4v) is 2.76. The van der Waals surface area contributed by atoms with E-state index in [1.165, 1.54) is 0 Å². The summed E-state index contributed by atoms with van der Waals surface area (Å²) in [6.07, 6.45) is 1.61. The van der Waals surface area contributed by atoms with Crippen LogP contribution in [0.3, 0.4) is 0 Å². The van der Waals surface area contributed by atoms with E-state index in [0.717, 1.165) is 5.76 Å². The molecule has 0 saturated heterocycles. The van der Waals surface area contributed by atoms with Crippen LogP contribution < -0.4 is 5.32 Å². The van der Waals surface area contributed by atoms with Gasteiger partial charge in [-0.2, -0.15) is 0 Å². The molecule has 5 nitrogen and oxygen atoms in total. The fraction of sp³-hybridized carbons (Fsp3) is 0.182. The molecule has 3 aromatic rings. The highest BCUT2D eigenvalue weighted by Gasteiger charge is 2.21. The highest BCUT2D eigenvalue weighted by molar-refractivity contribution is 6.14. The Hall–Kier alpha value is -3.18. The van der Waals surface area contributed by atoms with Crippen LogP contribution in [-0.2, 0) is 11.3 Å². The average Bonchev–Trinajstić information content (AvgIpc) is 3.21. The van der Waals surface area contributed by atoms with Crippen molar-refractivity contribution in [3.05, 3.63) is 89.9 Å². The summed E-state index contributed by atoms with van der Waals surface area (Å²) in [6, 6.07) is 19.4. The van der Waals surface area contributed by atoms with Gasteiger partial charge in [-0.15, -0.1) is 0 Å². The number of ketones is 1. The molecule has 0 radical (unpaired) electrons. The Morgan fingerprint density at radius 1 is 1.00 bits per heavy atom. The Morgan fingerprint density at radius 2 is 1.70 bits per heavy atom. The molecule has 3 rings (SSSR count). The van der Waals surface area contributed by atoms with E-state index in [2.05, 4.69) is 5.32 Å². The quantitative estimate of drug-likeness (QED) is 0.646. The van der Waals surface area contributed by atoms with E-state index < -0.39 is 6.04 Å². The molecule has 1 heterocycles. The molecule has 1 aromatic heterocycles. The van der Waals surface area contributed by atoms with E-state index in [1.54, 1.807) is 42.7 Å². The number of amides is 1. The molecule has 0 spiro atoms. The molecule has 1 amide bonds. The van der Waals surface area contributed by atoms with Crippen molar-refractivity contribution in [1.29, 1.82) is 0 Å². The van der Waals surface area contributed by atoms with Gasteiger partial charge in [-0.3, -0.25) is 14.5 Å². The number of anilines is 1. The molecule has 0 aliphatic rings. The number of hydrogen-bond donors (Lipinski definition) is 1. The summed E-state index contributed by atoms with van der Waals surface area (Å²) < 4.78 is 5.33. The molecule has 1 N–H and O–H groups in total. The van der Waals surface area contributed by atoms with Crippen LogP contribution in [0.1, 0.15) is 28.6 Å². The minimum Gasteiger partial charge on any atom is -0.468 e. The Kier molecular flexibility index (Phi) is 5.84. The molecular formula is C22H22N2O3. The summed E-state index contributed by atoms with van der Waals surface area (Å²) >= 11 is 0. The third kappa shape index (κ3) is 4.51. The second-order valence-electron chi connectivity index (χ2n) is 6.40. The zero-order valence-corrected chi connectivity index (χ0v) is 15.4. The summed E-state index contributed by atoms with van der Waals surface area (Å²) in [6.45, 7) is 2.34. The third-order valence-electron chi connectivity index (χ3n) is 4.49. The molecule has 0 aliphatic carbocycles. The number of para-hydroxylation sites is 1. The van der Waals surface area contributed by atoms with Crippen LogP contribution in [0, 0.1) is 0 Å². The maximum atomic E-state index is 12.8. The number of hydrogen-bond acceptors (Lipinski definition) is 4. The first-order valence-electron chi connectivity index (χ1n) is 8.78. The second kappa shape index (κ2) is 8.47. The number of furan rings is 1. The van der Waals surface area contributed by atoms with E-state index >= 15 is 0 Å². The van der Waals surface area contributed by atoms with Crippen molar-refractivity contribution < 1.29 is 14.0 Å². The summed E-state index contributed by atoms with van der Waals surface area (Å²) in [5.74, 6) is 0.484. The lowest BCUT2D eigenvalue weighted by Gasteiger charge is -2.23. The maximum Gasteiger partial charge on any atom is 0.241 e. The van der Waals surface area contributed by atoms with Gasteiger partial charge in [-0.05, 0) is 38.2 Å². The molecule has 138 valence electrons. The van der Waals surface area contributed by atoms with Crippen molar-refractivity contribution in [2.24, 2.45) is 0 Å². The average molecular weight is 362 g/mol. The Labute approximate surface area is 158 Å². The predicted octanol–water partition coefficient (Wildman–Crippen LogP) is 3.97. The second-order valence-corrected chi connectivity index (χ2v) is 6.40. The van der Waals surface area contributed by atoms with Gasteiger partial charge in [-0.1, -0.05) is 42.5 Å². The number of nitrogens with one attached hydrogen (secondary N) is 1. The molecule has 1 unspecified atom stereocenters. The summed E-state index contributed by atoms with van der Waals surface area (Å²) in [5.41, 5.74) is 1.56. The third-order valence-corrected chi connectivity index (χ3v) is 4.49. The van der Waals surface area contributed by atoms with Gasteiger partial charge < -0.3 is 9.73 Å². The molecule has 2 aromatic carbocycles. The van der Waals surface area contributed by atoms with E-state index in [9.17, 15) is 9.59 Å². The maximum absolute atomic E-state index is 12.8. The minimum absolute atomic E-state index is 0.122. The van der Waals surface area contributed by atoms with Crippen molar-refractivity contribution in [3.63, 3.8) is 0 Å². The van der Waals surface area contributed by atoms with E-state index in [4.69, 9.17) is 4.42 Å². The van der Waals surface area contributed by atoms with Crippen molar-refractivity contribution in [2.75, 3.05) is 12.4 Å². The molecule has 0 saturated carbocycles. The largest absolute Gasteiger partial charge is 0.468 e. The number of nitrogens with zero attached hydrogens (tertiary/aromatic N) is 1. The first-order valence-corrected chi connectivity index (χ1v) is 8.78. The van der Waals surface area contributed by atoms with Gasteiger partial charge in [0.05, 0.1) is 24.5 Å². The molecule has 27 heavy (non-hydrogen) atoms. The van der Waals surface area contributed by atoms with Gasteiger partial charge in [0.2, 0.25) is 5.91 Å². The first-order chi connectivity index (χ1) is 13.1. The fourth-order valence-electron chi connectivity index (χ4n) is 2.76. The Bertz CT molecular complexity index is 904. The lowest BCUT2D eigenvalue weighted by atomic mass is 10.0. The van der Waals surface area contributed by atoms with Gasteiger partial charge in [0.15, 0.2) is 5.78 Å². The smallest absolute Gasteiger partial charge is 0.241 e. The number of benzene rings is 2. The highest BCUT2D eigenvalue weighted by Crippen LogP contribution is 2.20. The Balaban J connectivity index is 1.73. The standard InChI is InChI=1S/C22H22N2O3/c1-16(24(2)15-18-11-8-14-27-18)22(26)23-20-13-7-6-12-19(20)21(25)17-9-4-3-5-10-17/h3-14,16H,15H2,1-2H3,(H,23,26). The molecule has 1 atom stereocenters. The van der Waals surface area contributed by atoms with Gasteiger partial charge in [0.1, 0.15) is 5.76 Å². The molecule has 0 bridgehead atoms. The lowest BCUT2D eigenvalue weighted by Crippen LogP contribution is -2.39. The summed E-state index contributed by atoms with van der Waals surface area (Å²) in [5, 5.41) is 2.89. The molecule has 0 aliphatic heterocycles. The van der Waals surface area contributed by atoms with Crippen LogP contribution in [0.5, 0.6) is 0 Å². The van der Waals surface area contributed by atoms with Crippen LogP contribution in [0.4, 0.5) is 5.69 Å². The van der Waals surface area contributed by atoms with Crippen molar-refractivity contribution >= 4 is 17.4 Å². The predicted molar refractivity (Wildman–Crippen MR) is 105 cm³/mol. The summed E-state index contributed by atoms with van der Waals surface area (Å²) in [4.78, 5) is 27.4. The monoisotopic (exact) mass is 362 g/mol. The number of likely N-dealkylation sites (N-methyl/N-ethyl adjacent to an activating group) is 1. The summed E-state index contributed by atoms with van der Waals surface area (Å²) in [7, 11) is 1.85. The van der Waals surface area contributed by atoms with Gasteiger partial charge in [0.25, 0.3) is 0 Å². The molecular weight excluding hydrogens is 340 g/mol. The van der Waals surface area contributed by atoms with Crippen LogP contribution in [0.15, 0.2) is 77.4 Å². The van der Waals surface area contributed by atoms with Crippen molar-refractivity contribution in [3.8, 4) is 0 Å². The molecule has 5 heteroatoms. The zero-order valence-electron chi connectivity index (χ0n) is 15.4. The SMILES string of the molecule is CC(C(=O)Nc1ccccc1C(=O)c1ccccc1)N(C)Cc1ccco1. The van der Waals surface area contributed by atoms with Gasteiger partial charge in [-0.25, -0.2) is 0 Å². The van der Waals surface area contributed by atoms with E-state index in [1.807, 2.05) is 49.2 Å². The molecule has 0 fully saturated rings. The topological polar surface area (TPSA) is 62.6 Å². The van der Waals surface area contributed by atoms with Crippen LogP contribution in [0.25, 0.3) is 0 Å². The van der Waals surface area contributed by atoms with E-state index in [0.29, 0.717) is 23.4 Å². The van der Waals surface area contributed by atoms with Crippen molar-refractivity contribution in [1.82, 2.24) is 4.90 Å².